The molecule has 0 radical (unpaired) electrons. The smallest absolute Gasteiger partial charge is 0.323 e. The van der Waals surface area contributed by atoms with E-state index in [0.717, 1.165) is 12.8 Å². The Hall–Kier alpha value is -2.71. The highest BCUT2D eigenvalue weighted by atomic mass is 31.1. The second-order valence-corrected chi connectivity index (χ2v) is 8.72. The molecular weight excluding hydrogens is 451 g/mol. The lowest BCUT2D eigenvalue weighted by Crippen LogP contribution is -2.35. The lowest BCUT2D eigenvalue weighted by molar-refractivity contribution is -0.146. The van der Waals surface area contributed by atoms with Crippen LogP contribution in [0.5, 0.6) is 0 Å². The first-order valence-electron chi connectivity index (χ1n) is 10.7. The Morgan fingerprint density at radius 2 is 2.09 bits per heavy atom. The number of ether oxygens (including phenoxy) is 2. The molecule has 0 fully saturated rings. The van der Waals surface area contributed by atoms with Crippen LogP contribution in [-0.4, -0.2) is 57.1 Å². The minimum absolute atomic E-state index is 0.0629. The summed E-state index contributed by atoms with van der Waals surface area (Å²) >= 11 is 0. The van der Waals surface area contributed by atoms with Crippen LogP contribution >= 0.6 is 8.18 Å². The first kappa shape index (κ1) is 26.5. The number of carbonyl (C=O) groups is 1. The van der Waals surface area contributed by atoms with Gasteiger partial charge in [-0.15, -0.1) is 0 Å². The number of hydrogen-bond acceptors (Lipinski definition) is 10. The number of nitrogens with one attached hydrogen (secondary N) is 1. The molecule has 4 N–H and O–H groups in total. The Balaban J connectivity index is 1.88. The fraction of sp³-hybridized carbons (Fsp3) is 0.600. The lowest BCUT2D eigenvalue weighted by atomic mass is 10.1. The molecule has 0 amide bonds. The van der Waals surface area contributed by atoms with Gasteiger partial charge in [0.25, 0.3) is 14.4 Å². The van der Waals surface area contributed by atoms with Crippen LogP contribution in [0.2, 0.25) is 0 Å². The molecular formula is C20H31N6O6P. The Kier molecular flexibility index (Phi) is 10.5. The number of nitriles is 1. The number of fused-ring (bicyclic) bond motifs is 1. The SMILES string of the molecule is CCC(CC)COC(=O)[C@H](C)N[PH](=O)OC[C@@H](OC#N)[C@@H](O)Cc1ccc2c(N)ncnn12. The number of rotatable bonds is 14. The highest BCUT2D eigenvalue weighted by Crippen LogP contribution is 2.21. The van der Waals surface area contributed by atoms with Crippen LogP contribution in [0.4, 0.5) is 5.82 Å². The van der Waals surface area contributed by atoms with E-state index >= 15 is 0 Å². The van der Waals surface area contributed by atoms with Crippen molar-refractivity contribution in [2.75, 3.05) is 18.9 Å². The quantitative estimate of drug-likeness (QED) is 0.202. The highest BCUT2D eigenvalue weighted by molar-refractivity contribution is 7.36. The topological polar surface area (TPSA) is 174 Å². The van der Waals surface area contributed by atoms with Crippen molar-refractivity contribution in [3.05, 3.63) is 24.2 Å². The van der Waals surface area contributed by atoms with Crippen molar-refractivity contribution in [3.8, 4) is 6.26 Å². The molecule has 0 bridgehead atoms. The first-order valence-corrected chi connectivity index (χ1v) is 12.0. The van der Waals surface area contributed by atoms with Crippen LogP contribution in [-0.2, 0) is 29.8 Å². The predicted molar refractivity (Wildman–Crippen MR) is 120 cm³/mol. The molecule has 4 atom stereocenters. The number of anilines is 1. The van der Waals surface area contributed by atoms with E-state index in [4.69, 9.17) is 25.0 Å². The van der Waals surface area contributed by atoms with Crippen molar-refractivity contribution in [1.29, 1.82) is 5.26 Å². The predicted octanol–water partition coefficient (Wildman–Crippen LogP) is 1.44. The van der Waals surface area contributed by atoms with Gasteiger partial charge in [0.05, 0.1) is 19.3 Å². The minimum Gasteiger partial charge on any atom is -0.464 e. The summed E-state index contributed by atoms with van der Waals surface area (Å²) in [4.78, 5) is 16.0. The number of hydrogen-bond donors (Lipinski definition) is 3. The number of nitrogens with two attached hydrogens (primary N) is 1. The number of esters is 1. The third-order valence-corrected chi connectivity index (χ3v) is 6.39. The molecule has 182 valence electrons. The number of aliphatic hydroxyl groups excluding tert-OH is 1. The fourth-order valence-electron chi connectivity index (χ4n) is 3.08. The third kappa shape index (κ3) is 7.68. The van der Waals surface area contributed by atoms with Crippen molar-refractivity contribution in [1.82, 2.24) is 19.7 Å². The standard InChI is InChI=1S/C20H31N6O6P/c1-4-14(5-2)9-30-20(28)13(3)25-33(29)32-10-18(31-11-21)17(27)8-15-6-7-16-19(22)23-12-24-26(15)16/h6-7,12-14,17-18,27,33H,4-5,8-10H2,1-3H3,(H,25,29)(H2,22,23,24)/t13-,17-,18+/m0/s1. The third-order valence-electron chi connectivity index (χ3n) is 5.29. The summed E-state index contributed by atoms with van der Waals surface area (Å²) in [6, 6.07) is 2.58. The van der Waals surface area contributed by atoms with Gasteiger partial charge in [-0.3, -0.25) is 9.36 Å². The monoisotopic (exact) mass is 482 g/mol. The summed E-state index contributed by atoms with van der Waals surface area (Å²) in [5, 5.41) is 26.1. The van der Waals surface area contributed by atoms with Crippen molar-refractivity contribution in [2.45, 2.75) is 58.3 Å². The zero-order valence-corrected chi connectivity index (χ0v) is 19.9. The average Bonchev–Trinajstić information content (AvgIpc) is 3.21. The Morgan fingerprint density at radius 1 is 1.36 bits per heavy atom. The molecule has 13 heteroatoms. The molecule has 0 aliphatic rings. The van der Waals surface area contributed by atoms with Crippen LogP contribution in [0.3, 0.4) is 0 Å². The van der Waals surface area contributed by atoms with Crippen molar-refractivity contribution in [2.24, 2.45) is 5.92 Å². The summed E-state index contributed by atoms with van der Waals surface area (Å²) in [5.41, 5.74) is 6.99. The van der Waals surface area contributed by atoms with Gasteiger partial charge in [-0.1, -0.05) is 26.7 Å². The second kappa shape index (κ2) is 13.1. The molecule has 0 spiro atoms. The zero-order chi connectivity index (χ0) is 24.4. The van der Waals surface area contributed by atoms with Gasteiger partial charge in [-0.05, 0) is 25.0 Å². The van der Waals surface area contributed by atoms with Gasteiger partial charge < -0.3 is 24.8 Å². The Labute approximate surface area is 192 Å². The van der Waals surface area contributed by atoms with Gasteiger partial charge in [-0.2, -0.15) is 10.4 Å². The summed E-state index contributed by atoms with van der Waals surface area (Å²) in [6.07, 6.45) is 2.40. The van der Waals surface area contributed by atoms with Gasteiger partial charge in [0.1, 0.15) is 17.9 Å². The maximum Gasteiger partial charge on any atom is 0.323 e. The zero-order valence-electron chi connectivity index (χ0n) is 18.9. The average molecular weight is 482 g/mol. The van der Waals surface area contributed by atoms with Gasteiger partial charge >= 0.3 is 5.97 Å². The Bertz CT molecular complexity index is 976. The molecule has 0 aliphatic heterocycles. The van der Waals surface area contributed by atoms with Crippen molar-refractivity contribution < 1.29 is 28.5 Å². The number of aromatic nitrogens is 3. The summed E-state index contributed by atoms with van der Waals surface area (Å²) in [5.74, 6) is 0.0339. The molecule has 12 nitrogen and oxygen atoms in total. The van der Waals surface area contributed by atoms with E-state index in [2.05, 4.69) is 15.2 Å². The second-order valence-electron chi connectivity index (χ2n) is 7.56. The van der Waals surface area contributed by atoms with Crippen LogP contribution in [0.1, 0.15) is 39.3 Å². The number of nitrogen functional groups attached to an aromatic ring is 1. The molecule has 0 saturated heterocycles. The molecule has 2 aromatic rings. The van der Waals surface area contributed by atoms with E-state index < -0.39 is 32.4 Å². The molecule has 2 heterocycles. The molecule has 1 unspecified atom stereocenters. The van der Waals surface area contributed by atoms with Gasteiger partial charge in [0.2, 0.25) is 0 Å². The van der Waals surface area contributed by atoms with E-state index in [-0.39, 0.29) is 24.8 Å². The Morgan fingerprint density at radius 3 is 2.76 bits per heavy atom. The van der Waals surface area contributed by atoms with E-state index in [1.807, 2.05) is 13.8 Å². The van der Waals surface area contributed by atoms with E-state index in [1.54, 1.807) is 12.1 Å². The normalized spacial score (nSPS) is 15.0. The lowest BCUT2D eigenvalue weighted by Gasteiger charge is -2.21. The fourth-order valence-corrected chi connectivity index (χ4v) is 3.95. The first-order chi connectivity index (χ1) is 15.8. The summed E-state index contributed by atoms with van der Waals surface area (Å²) < 4.78 is 29.2. The number of aliphatic hydroxyl groups is 1. The molecule has 33 heavy (non-hydrogen) atoms. The summed E-state index contributed by atoms with van der Waals surface area (Å²) in [6.45, 7) is 5.52. The highest BCUT2D eigenvalue weighted by Gasteiger charge is 2.25. The van der Waals surface area contributed by atoms with Crippen molar-refractivity contribution >= 4 is 25.5 Å². The number of nitrogens with zero attached hydrogens (tertiary/aromatic N) is 4. The molecule has 2 aromatic heterocycles. The van der Waals surface area contributed by atoms with Crippen LogP contribution < -0.4 is 10.8 Å². The maximum atomic E-state index is 12.3. The van der Waals surface area contributed by atoms with Gasteiger partial charge in [0.15, 0.2) is 11.9 Å². The number of carbonyl (C=O) groups excluding carboxylic acids is 1. The molecule has 0 aliphatic carbocycles. The molecule has 0 aromatic carbocycles. The van der Waals surface area contributed by atoms with E-state index in [1.165, 1.54) is 24.0 Å². The van der Waals surface area contributed by atoms with Crippen molar-refractivity contribution in [3.63, 3.8) is 0 Å². The largest absolute Gasteiger partial charge is 0.464 e. The van der Waals surface area contributed by atoms with Crippen LogP contribution in [0, 0.1) is 17.4 Å². The van der Waals surface area contributed by atoms with Gasteiger partial charge in [-0.25, -0.2) is 14.6 Å². The van der Waals surface area contributed by atoms with Crippen LogP contribution in [0.15, 0.2) is 18.5 Å². The molecule has 2 rings (SSSR count). The summed E-state index contributed by atoms with van der Waals surface area (Å²) in [7, 11) is -2.87. The maximum absolute atomic E-state index is 12.3. The minimum atomic E-state index is -2.87. The van der Waals surface area contributed by atoms with E-state index in [0.29, 0.717) is 17.8 Å². The van der Waals surface area contributed by atoms with Gasteiger partial charge in [0, 0.05) is 12.1 Å². The van der Waals surface area contributed by atoms with E-state index in [9.17, 15) is 14.5 Å². The molecule has 0 saturated carbocycles. The van der Waals surface area contributed by atoms with Crippen LogP contribution in [0.25, 0.3) is 5.52 Å².